The average Bonchev–Trinajstić information content (AvgIpc) is 2.60. The Morgan fingerprint density at radius 1 is 1.28 bits per heavy atom. The molecule has 138 valence electrons. The molecule has 1 fully saturated rings. The minimum atomic E-state index is -4.60. The Balaban J connectivity index is 2.05. The normalized spacial score (nSPS) is 22.7. The van der Waals surface area contributed by atoms with Gasteiger partial charge >= 0.3 is 12.3 Å². The van der Waals surface area contributed by atoms with Crippen LogP contribution in [0.25, 0.3) is 0 Å². The molecule has 2 amide bonds. The van der Waals surface area contributed by atoms with Crippen molar-refractivity contribution in [1.82, 2.24) is 4.90 Å². The maximum absolute atomic E-state index is 12.9. The van der Waals surface area contributed by atoms with Crippen LogP contribution in [0.4, 0.5) is 23.7 Å². The molecule has 0 radical (unpaired) electrons. The van der Waals surface area contributed by atoms with E-state index in [9.17, 15) is 27.9 Å². The average molecular weight is 360 g/mol. The van der Waals surface area contributed by atoms with Gasteiger partial charge in [0.25, 0.3) is 0 Å². The monoisotopic (exact) mass is 360 g/mol. The molecule has 1 aliphatic rings. The lowest BCUT2D eigenvalue weighted by atomic mass is 9.96. The minimum Gasteiger partial charge on any atom is -0.438 e. The summed E-state index contributed by atoms with van der Waals surface area (Å²) in [6.45, 7) is 4.21. The summed E-state index contributed by atoms with van der Waals surface area (Å²) >= 11 is 0. The fraction of sp³-hybridized carbons (Fsp3) is 0.500. The highest BCUT2D eigenvalue weighted by molar-refractivity contribution is 5.92. The van der Waals surface area contributed by atoms with E-state index in [0.717, 1.165) is 17.0 Å². The Morgan fingerprint density at radius 2 is 1.88 bits per heavy atom. The molecule has 0 aliphatic carbocycles. The van der Waals surface area contributed by atoms with Crippen molar-refractivity contribution < 1.29 is 32.6 Å². The standard InChI is InChI=1S/C16H19F3N2O4/c1-14(2)15(3,24)21(13(23)25-14)9-8-12(22)20-11-7-5-4-6-10(11)16(17,18)19/h4-7,24H,8-9H2,1-3H3,(H,20,22)/t15-/m1/s1. The van der Waals surface area contributed by atoms with Crippen LogP contribution < -0.4 is 5.32 Å². The SMILES string of the molecule is CC1(C)OC(=O)N(CCC(=O)Nc2ccccc2C(F)(F)F)[C@]1(C)O. The zero-order valence-corrected chi connectivity index (χ0v) is 14.0. The summed E-state index contributed by atoms with van der Waals surface area (Å²) < 4.78 is 43.8. The van der Waals surface area contributed by atoms with Crippen molar-refractivity contribution in [1.29, 1.82) is 0 Å². The smallest absolute Gasteiger partial charge is 0.418 e. The third-order valence-corrected chi connectivity index (χ3v) is 4.30. The molecule has 6 nitrogen and oxygen atoms in total. The molecular formula is C16H19F3N2O4. The van der Waals surface area contributed by atoms with E-state index in [-0.39, 0.29) is 18.7 Å². The number of carbonyl (C=O) groups excluding carboxylic acids is 2. The second-order valence-electron chi connectivity index (χ2n) is 6.39. The van der Waals surface area contributed by atoms with Crippen molar-refractivity contribution in [3.05, 3.63) is 29.8 Å². The number of aliphatic hydroxyl groups is 1. The molecular weight excluding hydrogens is 341 g/mol. The van der Waals surface area contributed by atoms with Gasteiger partial charge in [-0.3, -0.25) is 9.69 Å². The summed E-state index contributed by atoms with van der Waals surface area (Å²) in [5, 5.41) is 12.6. The van der Waals surface area contributed by atoms with Crippen molar-refractivity contribution >= 4 is 17.7 Å². The van der Waals surface area contributed by atoms with Gasteiger partial charge in [-0.15, -0.1) is 0 Å². The van der Waals surface area contributed by atoms with Crippen molar-refractivity contribution in [2.24, 2.45) is 0 Å². The summed E-state index contributed by atoms with van der Waals surface area (Å²) in [5.74, 6) is -0.718. The predicted molar refractivity (Wildman–Crippen MR) is 82.6 cm³/mol. The molecule has 1 aromatic carbocycles. The molecule has 2 N–H and O–H groups in total. The number of benzene rings is 1. The van der Waals surface area contributed by atoms with Crippen molar-refractivity contribution in [3.8, 4) is 0 Å². The van der Waals surface area contributed by atoms with Gasteiger partial charge in [0.1, 0.15) is 0 Å². The summed E-state index contributed by atoms with van der Waals surface area (Å²) in [7, 11) is 0. The topological polar surface area (TPSA) is 78.9 Å². The van der Waals surface area contributed by atoms with Crippen LogP contribution in [0.15, 0.2) is 24.3 Å². The molecule has 1 heterocycles. The first-order chi connectivity index (χ1) is 11.4. The predicted octanol–water partition coefficient (Wildman–Crippen LogP) is 2.97. The van der Waals surface area contributed by atoms with Gasteiger partial charge < -0.3 is 15.2 Å². The maximum atomic E-state index is 12.9. The van der Waals surface area contributed by atoms with Gasteiger partial charge in [-0.1, -0.05) is 12.1 Å². The first-order valence-electron chi connectivity index (χ1n) is 7.55. The number of alkyl halides is 3. The number of carbonyl (C=O) groups is 2. The zero-order valence-electron chi connectivity index (χ0n) is 14.0. The molecule has 1 aromatic rings. The molecule has 9 heteroatoms. The van der Waals surface area contributed by atoms with Crippen LogP contribution in [0.1, 0.15) is 32.8 Å². The molecule has 0 unspecified atom stereocenters. The molecule has 1 saturated heterocycles. The number of nitrogens with zero attached hydrogens (tertiary/aromatic N) is 1. The van der Waals surface area contributed by atoms with E-state index < -0.39 is 35.1 Å². The lowest BCUT2D eigenvalue weighted by Crippen LogP contribution is -2.54. The molecule has 0 aromatic heterocycles. The quantitative estimate of drug-likeness (QED) is 0.865. The van der Waals surface area contributed by atoms with E-state index in [4.69, 9.17) is 4.74 Å². The second kappa shape index (κ2) is 6.21. The van der Waals surface area contributed by atoms with Gasteiger partial charge in [0.15, 0.2) is 11.3 Å². The summed E-state index contributed by atoms with van der Waals surface area (Å²) in [6, 6.07) is 4.60. The summed E-state index contributed by atoms with van der Waals surface area (Å²) in [5.41, 5.74) is -4.15. The van der Waals surface area contributed by atoms with Crippen LogP contribution in [0.5, 0.6) is 0 Å². The van der Waals surface area contributed by atoms with Gasteiger partial charge in [-0.2, -0.15) is 13.2 Å². The highest BCUT2D eigenvalue weighted by Crippen LogP contribution is 2.37. The van der Waals surface area contributed by atoms with Crippen LogP contribution in [0.3, 0.4) is 0 Å². The van der Waals surface area contributed by atoms with E-state index in [1.807, 2.05) is 0 Å². The number of cyclic esters (lactones) is 1. The van der Waals surface area contributed by atoms with Crippen LogP contribution in [0.2, 0.25) is 0 Å². The van der Waals surface area contributed by atoms with Gasteiger partial charge in [0.2, 0.25) is 5.91 Å². The number of para-hydroxylation sites is 1. The van der Waals surface area contributed by atoms with E-state index in [2.05, 4.69) is 5.32 Å². The van der Waals surface area contributed by atoms with Gasteiger partial charge in [0, 0.05) is 13.0 Å². The maximum Gasteiger partial charge on any atom is 0.418 e. The molecule has 1 aliphatic heterocycles. The molecule has 0 bridgehead atoms. The van der Waals surface area contributed by atoms with E-state index >= 15 is 0 Å². The number of rotatable bonds is 4. The van der Waals surface area contributed by atoms with E-state index in [1.165, 1.54) is 32.9 Å². The third kappa shape index (κ3) is 3.71. The lowest BCUT2D eigenvalue weighted by molar-refractivity contribution is -0.137. The fourth-order valence-electron chi connectivity index (χ4n) is 2.45. The number of halogens is 3. The highest BCUT2D eigenvalue weighted by atomic mass is 19.4. The Hall–Kier alpha value is -2.29. The van der Waals surface area contributed by atoms with E-state index in [0.29, 0.717) is 0 Å². The first-order valence-corrected chi connectivity index (χ1v) is 7.55. The highest BCUT2D eigenvalue weighted by Gasteiger charge is 2.56. The number of hydrogen-bond acceptors (Lipinski definition) is 4. The second-order valence-corrected chi connectivity index (χ2v) is 6.39. The number of amides is 2. The summed E-state index contributed by atoms with van der Waals surface area (Å²) in [4.78, 5) is 24.8. The van der Waals surface area contributed by atoms with Gasteiger partial charge in [0.05, 0.1) is 11.3 Å². The third-order valence-electron chi connectivity index (χ3n) is 4.30. The van der Waals surface area contributed by atoms with Crippen molar-refractivity contribution in [3.63, 3.8) is 0 Å². The van der Waals surface area contributed by atoms with Crippen LogP contribution in [-0.4, -0.2) is 39.9 Å². The van der Waals surface area contributed by atoms with Crippen molar-refractivity contribution in [2.45, 2.75) is 44.7 Å². The van der Waals surface area contributed by atoms with Crippen LogP contribution in [0, 0.1) is 0 Å². The minimum absolute atomic E-state index is 0.199. The fourth-order valence-corrected chi connectivity index (χ4v) is 2.45. The zero-order chi connectivity index (χ0) is 19.0. The molecule has 25 heavy (non-hydrogen) atoms. The number of nitrogens with one attached hydrogen (secondary N) is 1. The lowest BCUT2D eigenvalue weighted by Gasteiger charge is -2.34. The van der Waals surface area contributed by atoms with Gasteiger partial charge in [-0.05, 0) is 32.9 Å². The molecule has 2 rings (SSSR count). The number of hydrogen-bond donors (Lipinski definition) is 2. The molecule has 1 atom stereocenters. The summed E-state index contributed by atoms with van der Waals surface area (Å²) in [6.07, 6.45) is -5.69. The molecule has 0 spiro atoms. The van der Waals surface area contributed by atoms with Gasteiger partial charge in [-0.25, -0.2) is 4.79 Å². The van der Waals surface area contributed by atoms with Crippen LogP contribution >= 0.6 is 0 Å². The largest absolute Gasteiger partial charge is 0.438 e. The Kier molecular flexibility index (Phi) is 4.73. The number of ether oxygens (including phenoxy) is 1. The van der Waals surface area contributed by atoms with Crippen molar-refractivity contribution in [2.75, 3.05) is 11.9 Å². The Bertz CT molecular complexity index is 686. The molecule has 0 saturated carbocycles. The first kappa shape index (κ1) is 19.0. The van der Waals surface area contributed by atoms with E-state index in [1.54, 1.807) is 0 Å². The Labute approximate surface area is 142 Å². The number of anilines is 1. The van der Waals surface area contributed by atoms with Crippen LogP contribution in [-0.2, 0) is 15.7 Å². The Morgan fingerprint density at radius 3 is 2.40 bits per heavy atom.